The van der Waals surface area contributed by atoms with E-state index in [4.69, 9.17) is 11.6 Å². The molecule has 3 nitrogen and oxygen atoms in total. The lowest BCUT2D eigenvalue weighted by Crippen LogP contribution is -2.19. The maximum absolute atomic E-state index is 6.01. The largest absolute Gasteiger partial charge is 0.355 e. The SMILES string of the molecule is Cc1c(Cl)ncnc1N(C)Cc1ccccc1Br. The molecule has 1 heterocycles. The average Bonchev–Trinajstić information content (AvgIpc) is 2.35. The fourth-order valence-corrected chi connectivity index (χ4v) is 2.30. The van der Waals surface area contributed by atoms with E-state index in [0.29, 0.717) is 5.15 Å². The van der Waals surface area contributed by atoms with E-state index in [2.05, 4.69) is 36.9 Å². The maximum Gasteiger partial charge on any atom is 0.137 e. The lowest BCUT2D eigenvalue weighted by atomic mass is 10.2. The molecular formula is C13H13BrClN3. The molecule has 2 aromatic rings. The first-order valence-electron chi connectivity index (χ1n) is 5.51. The zero-order valence-corrected chi connectivity index (χ0v) is 12.5. The number of hydrogen-bond donors (Lipinski definition) is 0. The first-order chi connectivity index (χ1) is 8.59. The highest BCUT2D eigenvalue weighted by Crippen LogP contribution is 2.24. The van der Waals surface area contributed by atoms with Gasteiger partial charge in [0.15, 0.2) is 0 Å². The summed E-state index contributed by atoms with van der Waals surface area (Å²) in [5.41, 5.74) is 2.10. The second-order valence-electron chi connectivity index (χ2n) is 4.06. The number of nitrogens with zero attached hydrogens (tertiary/aromatic N) is 3. The van der Waals surface area contributed by atoms with Crippen LogP contribution in [0.2, 0.25) is 5.15 Å². The maximum atomic E-state index is 6.01. The number of anilines is 1. The summed E-state index contributed by atoms with van der Waals surface area (Å²) in [7, 11) is 1.99. The Morgan fingerprint density at radius 1 is 1.28 bits per heavy atom. The van der Waals surface area contributed by atoms with E-state index < -0.39 is 0 Å². The Bertz CT molecular complexity index is 560. The van der Waals surface area contributed by atoms with Crippen LogP contribution >= 0.6 is 27.5 Å². The van der Waals surface area contributed by atoms with Crippen molar-refractivity contribution in [3.63, 3.8) is 0 Å². The smallest absolute Gasteiger partial charge is 0.137 e. The van der Waals surface area contributed by atoms with Crippen LogP contribution in [0, 0.1) is 6.92 Å². The third-order valence-corrected chi connectivity index (χ3v) is 3.88. The fraction of sp³-hybridized carbons (Fsp3) is 0.231. The number of hydrogen-bond acceptors (Lipinski definition) is 3. The molecule has 0 aliphatic heterocycles. The highest BCUT2D eigenvalue weighted by molar-refractivity contribution is 9.10. The van der Waals surface area contributed by atoms with E-state index in [1.165, 1.54) is 11.9 Å². The summed E-state index contributed by atoms with van der Waals surface area (Å²) in [5, 5.41) is 0.499. The zero-order valence-electron chi connectivity index (χ0n) is 10.2. The molecule has 0 amide bonds. The van der Waals surface area contributed by atoms with Gasteiger partial charge in [0.25, 0.3) is 0 Å². The van der Waals surface area contributed by atoms with Crippen LogP contribution in [0.3, 0.4) is 0 Å². The van der Waals surface area contributed by atoms with Crippen molar-refractivity contribution in [1.82, 2.24) is 9.97 Å². The molecule has 2 rings (SSSR count). The van der Waals surface area contributed by atoms with Gasteiger partial charge in [0, 0.05) is 23.6 Å². The van der Waals surface area contributed by atoms with Crippen LogP contribution in [-0.4, -0.2) is 17.0 Å². The monoisotopic (exact) mass is 325 g/mol. The summed E-state index contributed by atoms with van der Waals surface area (Å²) >= 11 is 9.55. The first-order valence-corrected chi connectivity index (χ1v) is 6.68. The average molecular weight is 327 g/mol. The molecule has 0 aliphatic carbocycles. The van der Waals surface area contributed by atoms with Crippen molar-refractivity contribution in [2.45, 2.75) is 13.5 Å². The van der Waals surface area contributed by atoms with Crippen molar-refractivity contribution in [3.8, 4) is 0 Å². The molecule has 0 atom stereocenters. The van der Waals surface area contributed by atoms with E-state index in [9.17, 15) is 0 Å². The van der Waals surface area contributed by atoms with Crippen molar-refractivity contribution in [3.05, 3.63) is 51.3 Å². The first kappa shape index (κ1) is 13.3. The normalized spacial score (nSPS) is 10.4. The van der Waals surface area contributed by atoms with E-state index in [0.717, 1.165) is 22.4 Å². The molecule has 94 valence electrons. The minimum atomic E-state index is 0.499. The van der Waals surface area contributed by atoms with Crippen LogP contribution in [0.5, 0.6) is 0 Å². The predicted octanol–water partition coefficient (Wildman–Crippen LogP) is 3.84. The van der Waals surface area contributed by atoms with Crippen molar-refractivity contribution in [2.24, 2.45) is 0 Å². The van der Waals surface area contributed by atoms with E-state index >= 15 is 0 Å². The van der Waals surface area contributed by atoms with E-state index in [1.54, 1.807) is 0 Å². The van der Waals surface area contributed by atoms with Crippen LogP contribution < -0.4 is 4.90 Å². The Balaban J connectivity index is 2.25. The van der Waals surface area contributed by atoms with Gasteiger partial charge in [0.2, 0.25) is 0 Å². The second-order valence-corrected chi connectivity index (χ2v) is 5.27. The molecule has 0 unspecified atom stereocenters. The molecular weight excluding hydrogens is 314 g/mol. The highest BCUT2D eigenvalue weighted by atomic mass is 79.9. The van der Waals surface area contributed by atoms with Crippen LogP contribution in [0.1, 0.15) is 11.1 Å². The molecule has 0 bridgehead atoms. The minimum absolute atomic E-state index is 0.499. The standard InChI is InChI=1S/C13H13BrClN3/c1-9-12(15)16-8-17-13(9)18(2)7-10-5-3-4-6-11(10)14/h3-6,8H,7H2,1-2H3. The van der Waals surface area contributed by atoms with Gasteiger partial charge in [0.1, 0.15) is 17.3 Å². The van der Waals surface area contributed by atoms with Gasteiger partial charge in [-0.1, -0.05) is 45.7 Å². The summed E-state index contributed by atoms with van der Waals surface area (Å²) in [6, 6.07) is 8.13. The molecule has 0 saturated heterocycles. The van der Waals surface area contributed by atoms with Crippen LogP contribution in [0.25, 0.3) is 0 Å². The van der Waals surface area contributed by atoms with E-state index in [1.807, 2.05) is 32.2 Å². The highest BCUT2D eigenvalue weighted by Gasteiger charge is 2.11. The molecule has 0 aliphatic rings. The predicted molar refractivity (Wildman–Crippen MR) is 78.0 cm³/mol. The fourth-order valence-electron chi connectivity index (χ4n) is 1.76. The number of rotatable bonds is 3. The molecule has 18 heavy (non-hydrogen) atoms. The molecule has 1 aromatic carbocycles. The molecule has 1 aromatic heterocycles. The molecule has 0 saturated carbocycles. The summed E-state index contributed by atoms with van der Waals surface area (Å²) < 4.78 is 1.09. The lowest BCUT2D eigenvalue weighted by Gasteiger charge is -2.20. The third kappa shape index (κ3) is 2.82. The topological polar surface area (TPSA) is 29.0 Å². The van der Waals surface area contributed by atoms with Crippen LogP contribution in [0.15, 0.2) is 35.1 Å². The quantitative estimate of drug-likeness (QED) is 0.803. The molecule has 0 fully saturated rings. The van der Waals surface area contributed by atoms with Gasteiger partial charge in [-0.25, -0.2) is 9.97 Å². The van der Waals surface area contributed by atoms with E-state index in [-0.39, 0.29) is 0 Å². The van der Waals surface area contributed by atoms with Gasteiger partial charge in [-0.15, -0.1) is 0 Å². The molecule has 0 N–H and O–H groups in total. The third-order valence-electron chi connectivity index (χ3n) is 2.72. The van der Waals surface area contributed by atoms with Crippen LogP contribution in [-0.2, 0) is 6.54 Å². The van der Waals surface area contributed by atoms with Gasteiger partial charge in [-0.2, -0.15) is 0 Å². The van der Waals surface area contributed by atoms with Gasteiger partial charge in [-0.05, 0) is 18.6 Å². The summed E-state index contributed by atoms with van der Waals surface area (Å²) in [6.07, 6.45) is 1.49. The summed E-state index contributed by atoms with van der Waals surface area (Å²) in [4.78, 5) is 10.3. The molecule has 0 spiro atoms. The lowest BCUT2D eigenvalue weighted by molar-refractivity contribution is 0.879. The number of aromatic nitrogens is 2. The minimum Gasteiger partial charge on any atom is -0.355 e. The van der Waals surface area contributed by atoms with Crippen molar-refractivity contribution < 1.29 is 0 Å². The Hall–Kier alpha value is -1.13. The van der Waals surface area contributed by atoms with Gasteiger partial charge < -0.3 is 4.90 Å². The molecule has 0 radical (unpaired) electrons. The Morgan fingerprint density at radius 3 is 2.72 bits per heavy atom. The Kier molecular flexibility index (Phi) is 4.19. The van der Waals surface area contributed by atoms with Crippen molar-refractivity contribution in [2.75, 3.05) is 11.9 Å². The van der Waals surface area contributed by atoms with Crippen molar-refractivity contribution >= 4 is 33.3 Å². The van der Waals surface area contributed by atoms with Gasteiger partial charge in [-0.3, -0.25) is 0 Å². The zero-order chi connectivity index (χ0) is 13.1. The number of benzene rings is 1. The van der Waals surface area contributed by atoms with Crippen LogP contribution in [0.4, 0.5) is 5.82 Å². The second kappa shape index (κ2) is 5.67. The van der Waals surface area contributed by atoms with Crippen molar-refractivity contribution in [1.29, 1.82) is 0 Å². The molecule has 5 heteroatoms. The Labute approximate surface area is 120 Å². The number of halogens is 2. The summed E-state index contributed by atoms with van der Waals surface area (Å²) in [5.74, 6) is 0.853. The summed E-state index contributed by atoms with van der Waals surface area (Å²) in [6.45, 7) is 2.68. The van der Waals surface area contributed by atoms with Gasteiger partial charge >= 0.3 is 0 Å². The van der Waals surface area contributed by atoms with Gasteiger partial charge in [0.05, 0.1) is 0 Å². The Morgan fingerprint density at radius 2 is 2.00 bits per heavy atom.